The molecule has 2 N–H and O–H groups in total. The zero-order chi connectivity index (χ0) is 11.3. The van der Waals surface area contributed by atoms with Crippen LogP contribution >= 0.6 is 0 Å². The van der Waals surface area contributed by atoms with E-state index in [9.17, 15) is 0 Å². The van der Waals surface area contributed by atoms with Crippen LogP contribution in [0.4, 0.5) is 5.69 Å². The minimum atomic E-state index is 0.264. The lowest BCUT2D eigenvalue weighted by Gasteiger charge is -2.13. The Bertz CT molecular complexity index is 296. The van der Waals surface area contributed by atoms with Gasteiger partial charge in [-0.05, 0) is 26.2 Å². The first-order valence-corrected chi connectivity index (χ1v) is 5.57. The third-order valence-electron chi connectivity index (χ3n) is 2.44. The van der Waals surface area contributed by atoms with Gasteiger partial charge in [-0.3, -0.25) is 4.68 Å². The summed E-state index contributed by atoms with van der Waals surface area (Å²) in [6, 6.07) is 0.381. The van der Waals surface area contributed by atoms with Crippen molar-refractivity contribution in [2.24, 2.45) is 7.05 Å². The van der Waals surface area contributed by atoms with Crippen molar-refractivity contribution >= 4 is 5.69 Å². The summed E-state index contributed by atoms with van der Waals surface area (Å²) in [7, 11) is 1.93. The van der Waals surface area contributed by atoms with E-state index >= 15 is 0 Å². The Labute approximate surface area is 91.3 Å². The summed E-state index contributed by atoms with van der Waals surface area (Å²) in [5.41, 5.74) is 2.22. The maximum Gasteiger partial charge on any atom is 0.0853 e. The van der Waals surface area contributed by atoms with E-state index in [1.165, 1.54) is 0 Å². The molecule has 1 aromatic heterocycles. The van der Waals surface area contributed by atoms with Crippen LogP contribution in [0.5, 0.6) is 0 Å². The Morgan fingerprint density at radius 2 is 2.33 bits per heavy atom. The fourth-order valence-corrected chi connectivity index (χ4v) is 1.65. The molecular formula is C11H21N3O. The number of aromatic nitrogens is 2. The molecule has 0 fully saturated rings. The number of aryl methyl sites for hydroxylation is 2. The number of hydrogen-bond acceptors (Lipinski definition) is 3. The molecule has 86 valence electrons. The highest BCUT2D eigenvalue weighted by Gasteiger charge is 2.08. The Balaban J connectivity index is 2.54. The van der Waals surface area contributed by atoms with Gasteiger partial charge in [0.25, 0.3) is 0 Å². The SMILES string of the molecule is CCc1nn(C)cc1NC(C)CCCO. The van der Waals surface area contributed by atoms with Crippen molar-refractivity contribution in [1.29, 1.82) is 0 Å². The van der Waals surface area contributed by atoms with Gasteiger partial charge in [0.1, 0.15) is 0 Å². The average molecular weight is 211 g/mol. The molecule has 0 spiro atoms. The molecule has 1 unspecified atom stereocenters. The van der Waals surface area contributed by atoms with E-state index in [4.69, 9.17) is 5.11 Å². The van der Waals surface area contributed by atoms with Crippen molar-refractivity contribution in [1.82, 2.24) is 9.78 Å². The molecule has 1 rings (SSSR count). The maximum atomic E-state index is 8.74. The first-order valence-electron chi connectivity index (χ1n) is 5.57. The molecule has 1 atom stereocenters. The van der Waals surface area contributed by atoms with Crippen LogP contribution in [0.15, 0.2) is 6.20 Å². The number of aliphatic hydroxyl groups excluding tert-OH is 1. The fourth-order valence-electron chi connectivity index (χ4n) is 1.65. The van der Waals surface area contributed by atoms with E-state index < -0.39 is 0 Å². The molecule has 15 heavy (non-hydrogen) atoms. The molecule has 4 nitrogen and oxygen atoms in total. The molecule has 0 saturated heterocycles. The normalized spacial score (nSPS) is 12.8. The molecule has 0 aromatic carbocycles. The van der Waals surface area contributed by atoms with E-state index in [-0.39, 0.29) is 6.61 Å². The number of nitrogens with one attached hydrogen (secondary N) is 1. The number of nitrogens with zero attached hydrogens (tertiary/aromatic N) is 2. The lowest BCUT2D eigenvalue weighted by molar-refractivity contribution is 0.282. The molecule has 1 heterocycles. The molecule has 0 amide bonds. The Kier molecular flexibility index (Phi) is 4.62. The average Bonchev–Trinajstić information content (AvgIpc) is 2.55. The zero-order valence-electron chi connectivity index (χ0n) is 9.82. The third-order valence-corrected chi connectivity index (χ3v) is 2.44. The van der Waals surface area contributed by atoms with E-state index in [2.05, 4.69) is 24.3 Å². The summed E-state index contributed by atoms with van der Waals surface area (Å²) in [4.78, 5) is 0. The summed E-state index contributed by atoms with van der Waals surface area (Å²) in [6.07, 6.45) is 4.77. The van der Waals surface area contributed by atoms with Gasteiger partial charge in [-0.2, -0.15) is 5.10 Å². The van der Waals surface area contributed by atoms with Gasteiger partial charge >= 0.3 is 0 Å². The second-order valence-electron chi connectivity index (χ2n) is 3.93. The van der Waals surface area contributed by atoms with Crippen LogP contribution in [0.1, 0.15) is 32.4 Å². The van der Waals surface area contributed by atoms with Crippen LogP contribution in [0.3, 0.4) is 0 Å². The Morgan fingerprint density at radius 1 is 1.60 bits per heavy atom. The summed E-state index contributed by atoms with van der Waals surface area (Å²) in [6.45, 7) is 4.49. The van der Waals surface area contributed by atoms with Gasteiger partial charge in [-0.25, -0.2) is 0 Å². The Morgan fingerprint density at radius 3 is 2.93 bits per heavy atom. The first-order chi connectivity index (χ1) is 7.17. The highest BCUT2D eigenvalue weighted by atomic mass is 16.2. The second-order valence-corrected chi connectivity index (χ2v) is 3.93. The van der Waals surface area contributed by atoms with Crippen LogP contribution < -0.4 is 5.32 Å². The Hall–Kier alpha value is -1.03. The zero-order valence-corrected chi connectivity index (χ0v) is 9.82. The monoisotopic (exact) mass is 211 g/mol. The van der Waals surface area contributed by atoms with Crippen molar-refractivity contribution in [3.05, 3.63) is 11.9 Å². The summed E-state index contributed by atoms with van der Waals surface area (Å²) in [5.74, 6) is 0. The van der Waals surface area contributed by atoms with Crippen LogP contribution in [-0.4, -0.2) is 27.5 Å². The van der Waals surface area contributed by atoms with E-state index in [1.54, 1.807) is 0 Å². The predicted molar refractivity (Wildman–Crippen MR) is 62.0 cm³/mol. The molecule has 0 aliphatic heterocycles. The highest BCUT2D eigenvalue weighted by Crippen LogP contribution is 2.15. The summed E-state index contributed by atoms with van der Waals surface area (Å²) in [5, 5.41) is 16.5. The van der Waals surface area contributed by atoms with Gasteiger partial charge in [-0.1, -0.05) is 6.92 Å². The molecule has 0 aliphatic carbocycles. The predicted octanol–water partition coefficient (Wildman–Crippen LogP) is 1.56. The molecule has 0 bridgehead atoms. The fraction of sp³-hybridized carbons (Fsp3) is 0.727. The van der Waals surface area contributed by atoms with Crippen molar-refractivity contribution in [3.63, 3.8) is 0 Å². The van der Waals surface area contributed by atoms with Crippen molar-refractivity contribution in [3.8, 4) is 0 Å². The molecule has 0 saturated carbocycles. The standard InChI is InChI=1S/C11H21N3O/c1-4-10-11(8-14(3)13-10)12-9(2)6-5-7-15/h8-9,12,15H,4-7H2,1-3H3. The third kappa shape index (κ3) is 3.55. The molecule has 0 aliphatic rings. The van der Waals surface area contributed by atoms with E-state index in [1.807, 2.05) is 17.9 Å². The molecular weight excluding hydrogens is 190 g/mol. The number of aliphatic hydroxyl groups is 1. The molecule has 1 aromatic rings. The number of hydrogen-bond donors (Lipinski definition) is 2. The van der Waals surface area contributed by atoms with Gasteiger partial charge in [0.15, 0.2) is 0 Å². The molecule has 0 radical (unpaired) electrons. The largest absolute Gasteiger partial charge is 0.396 e. The van der Waals surface area contributed by atoms with Gasteiger partial charge in [0, 0.05) is 25.9 Å². The lowest BCUT2D eigenvalue weighted by Crippen LogP contribution is -2.16. The maximum absolute atomic E-state index is 8.74. The summed E-state index contributed by atoms with van der Waals surface area (Å²) >= 11 is 0. The number of anilines is 1. The second kappa shape index (κ2) is 5.75. The van der Waals surface area contributed by atoms with Gasteiger partial charge < -0.3 is 10.4 Å². The van der Waals surface area contributed by atoms with Crippen molar-refractivity contribution in [2.75, 3.05) is 11.9 Å². The van der Waals surface area contributed by atoms with Crippen molar-refractivity contribution < 1.29 is 5.11 Å². The van der Waals surface area contributed by atoms with Crippen LogP contribution in [0.25, 0.3) is 0 Å². The van der Waals surface area contributed by atoms with Crippen LogP contribution in [-0.2, 0) is 13.5 Å². The van der Waals surface area contributed by atoms with Gasteiger partial charge in [-0.15, -0.1) is 0 Å². The lowest BCUT2D eigenvalue weighted by atomic mass is 10.2. The molecule has 4 heteroatoms. The van der Waals surface area contributed by atoms with Gasteiger partial charge in [0.05, 0.1) is 11.4 Å². The topological polar surface area (TPSA) is 50.1 Å². The number of rotatable bonds is 6. The van der Waals surface area contributed by atoms with Crippen molar-refractivity contribution in [2.45, 2.75) is 39.2 Å². The quantitative estimate of drug-likeness (QED) is 0.750. The van der Waals surface area contributed by atoms with E-state index in [0.29, 0.717) is 6.04 Å². The van der Waals surface area contributed by atoms with E-state index in [0.717, 1.165) is 30.6 Å². The minimum Gasteiger partial charge on any atom is -0.396 e. The summed E-state index contributed by atoms with van der Waals surface area (Å²) < 4.78 is 1.83. The van der Waals surface area contributed by atoms with Crippen LogP contribution in [0.2, 0.25) is 0 Å². The van der Waals surface area contributed by atoms with Crippen LogP contribution in [0, 0.1) is 0 Å². The first kappa shape index (κ1) is 12.0. The van der Waals surface area contributed by atoms with Gasteiger partial charge in [0.2, 0.25) is 0 Å². The smallest absolute Gasteiger partial charge is 0.0853 e. The highest BCUT2D eigenvalue weighted by molar-refractivity contribution is 5.46. The minimum absolute atomic E-state index is 0.264.